The maximum Gasteiger partial charge on any atom is 0.151 e. The second-order valence-electron chi connectivity index (χ2n) is 4.61. The van der Waals surface area contributed by atoms with E-state index in [1.54, 1.807) is 0 Å². The second kappa shape index (κ2) is 7.16. The Bertz CT molecular complexity index is 360. The molecular formula is C13H20F2N2O. The van der Waals surface area contributed by atoms with E-state index in [1.165, 1.54) is 0 Å². The predicted octanol–water partition coefficient (Wildman–Crippen LogP) is 3.02. The normalized spacial score (nSPS) is 10.9. The zero-order chi connectivity index (χ0) is 13.5. The quantitative estimate of drug-likeness (QED) is 0.584. The van der Waals surface area contributed by atoms with Crippen LogP contribution >= 0.6 is 0 Å². The SMILES string of the molecule is CC(C)COCCCNc1c(F)cc(N)cc1F. The predicted molar refractivity (Wildman–Crippen MR) is 69.5 cm³/mol. The molecule has 0 aromatic heterocycles. The van der Waals surface area contributed by atoms with Crippen molar-refractivity contribution >= 4 is 11.4 Å². The standard InChI is InChI=1S/C13H20F2N2O/c1-9(2)8-18-5-3-4-17-13-11(14)6-10(16)7-12(13)15/h6-7,9,17H,3-5,8,16H2,1-2H3. The van der Waals surface area contributed by atoms with Crippen LogP contribution in [0.4, 0.5) is 20.2 Å². The van der Waals surface area contributed by atoms with E-state index in [0.717, 1.165) is 12.1 Å². The molecule has 1 aromatic rings. The van der Waals surface area contributed by atoms with E-state index in [4.69, 9.17) is 10.5 Å². The molecule has 0 aliphatic heterocycles. The number of nitrogens with one attached hydrogen (secondary N) is 1. The van der Waals surface area contributed by atoms with E-state index in [9.17, 15) is 8.78 Å². The summed E-state index contributed by atoms with van der Waals surface area (Å²) in [6.45, 7) is 5.86. The summed E-state index contributed by atoms with van der Waals surface area (Å²) in [7, 11) is 0. The topological polar surface area (TPSA) is 47.3 Å². The molecule has 3 N–H and O–H groups in total. The Hall–Kier alpha value is -1.36. The first-order chi connectivity index (χ1) is 8.50. The molecule has 0 bridgehead atoms. The Balaban J connectivity index is 2.31. The molecule has 0 radical (unpaired) electrons. The molecule has 0 aliphatic rings. The molecule has 1 aromatic carbocycles. The van der Waals surface area contributed by atoms with Crippen molar-refractivity contribution in [3.63, 3.8) is 0 Å². The summed E-state index contributed by atoms with van der Waals surface area (Å²) in [5.74, 6) is -0.851. The van der Waals surface area contributed by atoms with Crippen LogP contribution in [0.25, 0.3) is 0 Å². The van der Waals surface area contributed by atoms with Crippen LogP contribution in [0.2, 0.25) is 0 Å². The molecule has 0 spiro atoms. The molecule has 0 fully saturated rings. The van der Waals surface area contributed by atoms with Gasteiger partial charge in [-0.05, 0) is 24.5 Å². The fraction of sp³-hybridized carbons (Fsp3) is 0.538. The number of benzene rings is 1. The maximum absolute atomic E-state index is 13.4. The van der Waals surface area contributed by atoms with Crippen LogP contribution in [-0.4, -0.2) is 19.8 Å². The summed E-state index contributed by atoms with van der Waals surface area (Å²) in [5, 5.41) is 2.71. The third-order valence-electron chi connectivity index (χ3n) is 2.28. The van der Waals surface area contributed by atoms with Gasteiger partial charge in [0, 0.05) is 25.4 Å². The van der Waals surface area contributed by atoms with Crippen LogP contribution < -0.4 is 11.1 Å². The fourth-order valence-electron chi connectivity index (χ4n) is 1.47. The molecule has 0 amide bonds. The second-order valence-corrected chi connectivity index (χ2v) is 4.61. The molecule has 5 heteroatoms. The van der Waals surface area contributed by atoms with Gasteiger partial charge in [0.15, 0.2) is 11.6 Å². The maximum atomic E-state index is 13.4. The molecule has 0 saturated carbocycles. The zero-order valence-electron chi connectivity index (χ0n) is 10.8. The van der Waals surface area contributed by atoms with E-state index in [-0.39, 0.29) is 11.4 Å². The van der Waals surface area contributed by atoms with Gasteiger partial charge in [-0.1, -0.05) is 13.8 Å². The number of halogens is 2. The molecule has 0 aliphatic carbocycles. The summed E-state index contributed by atoms with van der Waals surface area (Å²) < 4.78 is 32.1. The Morgan fingerprint density at radius 2 is 1.89 bits per heavy atom. The first-order valence-corrected chi connectivity index (χ1v) is 6.07. The van der Waals surface area contributed by atoms with Crippen LogP contribution in [-0.2, 0) is 4.74 Å². The highest BCUT2D eigenvalue weighted by Crippen LogP contribution is 2.21. The third kappa shape index (κ3) is 4.87. The Morgan fingerprint density at radius 3 is 2.44 bits per heavy atom. The van der Waals surface area contributed by atoms with Crippen LogP contribution in [0.3, 0.4) is 0 Å². The Labute approximate surface area is 106 Å². The lowest BCUT2D eigenvalue weighted by atomic mass is 10.2. The van der Waals surface area contributed by atoms with Gasteiger partial charge in [-0.25, -0.2) is 8.78 Å². The number of rotatable bonds is 7. The van der Waals surface area contributed by atoms with Gasteiger partial charge in [0.2, 0.25) is 0 Å². The van der Waals surface area contributed by atoms with E-state index in [1.807, 2.05) is 0 Å². The van der Waals surface area contributed by atoms with Gasteiger partial charge in [-0.15, -0.1) is 0 Å². The lowest BCUT2D eigenvalue weighted by Crippen LogP contribution is -2.10. The van der Waals surface area contributed by atoms with Gasteiger partial charge in [0.05, 0.1) is 0 Å². The highest BCUT2D eigenvalue weighted by molar-refractivity contribution is 5.53. The first kappa shape index (κ1) is 14.7. The lowest BCUT2D eigenvalue weighted by molar-refractivity contribution is 0.110. The van der Waals surface area contributed by atoms with Crippen LogP contribution in [0.1, 0.15) is 20.3 Å². The fourth-order valence-corrected chi connectivity index (χ4v) is 1.47. The molecular weight excluding hydrogens is 238 g/mol. The average Bonchev–Trinajstić information content (AvgIpc) is 2.25. The highest BCUT2D eigenvalue weighted by atomic mass is 19.1. The molecule has 0 heterocycles. The van der Waals surface area contributed by atoms with E-state index >= 15 is 0 Å². The van der Waals surface area contributed by atoms with E-state index in [2.05, 4.69) is 19.2 Å². The van der Waals surface area contributed by atoms with Gasteiger partial charge in [0.25, 0.3) is 0 Å². The summed E-state index contributed by atoms with van der Waals surface area (Å²) in [5.41, 5.74) is 5.27. The lowest BCUT2D eigenvalue weighted by Gasteiger charge is -2.10. The van der Waals surface area contributed by atoms with E-state index < -0.39 is 11.6 Å². The molecule has 18 heavy (non-hydrogen) atoms. The number of anilines is 2. The van der Waals surface area contributed by atoms with Gasteiger partial charge < -0.3 is 15.8 Å². The Kier molecular flexibility index (Phi) is 5.85. The monoisotopic (exact) mass is 258 g/mol. The number of hydrogen-bond acceptors (Lipinski definition) is 3. The van der Waals surface area contributed by atoms with Crippen molar-refractivity contribution in [1.29, 1.82) is 0 Å². The van der Waals surface area contributed by atoms with Crippen molar-refractivity contribution in [1.82, 2.24) is 0 Å². The molecule has 3 nitrogen and oxygen atoms in total. The average molecular weight is 258 g/mol. The number of hydrogen-bond donors (Lipinski definition) is 2. The minimum absolute atomic E-state index is 0.0795. The third-order valence-corrected chi connectivity index (χ3v) is 2.28. The van der Waals surface area contributed by atoms with Gasteiger partial charge >= 0.3 is 0 Å². The minimum atomic E-state index is -0.671. The largest absolute Gasteiger partial charge is 0.399 e. The number of ether oxygens (including phenoxy) is 1. The summed E-state index contributed by atoms with van der Waals surface area (Å²) >= 11 is 0. The highest BCUT2D eigenvalue weighted by Gasteiger charge is 2.09. The van der Waals surface area contributed by atoms with Gasteiger partial charge in [0.1, 0.15) is 5.69 Å². The van der Waals surface area contributed by atoms with Crippen molar-refractivity contribution in [2.75, 3.05) is 30.8 Å². The van der Waals surface area contributed by atoms with Crippen molar-refractivity contribution in [2.45, 2.75) is 20.3 Å². The van der Waals surface area contributed by atoms with Gasteiger partial charge in [-0.3, -0.25) is 0 Å². The van der Waals surface area contributed by atoms with Crippen molar-refractivity contribution in [3.05, 3.63) is 23.8 Å². The van der Waals surface area contributed by atoms with Crippen molar-refractivity contribution in [3.8, 4) is 0 Å². The van der Waals surface area contributed by atoms with Crippen molar-refractivity contribution in [2.24, 2.45) is 5.92 Å². The summed E-state index contributed by atoms with van der Waals surface area (Å²) in [6, 6.07) is 2.20. The van der Waals surface area contributed by atoms with Gasteiger partial charge in [-0.2, -0.15) is 0 Å². The smallest absolute Gasteiger partial charge is 0.151 e. The number of nitrogen functional groups attached to an aromatic ring is 1. The summed E-state index contributed by atoms with van der Waals surface area (Å²) in [4.78, 5) is 0. The summed E-state index contributed by atoms with van der Waals surface area (Å²) in [6.07, 6.45) is 0.690. The van der Waals surface area contributed by atoms with Crippen molar-refractivity contribution < 1.29 is 13.5 Å². The Morgan fingerprint density at radius 1 is 1.28 bits per heavy atom. The minimum Gasteiger partial charge on any atom is -0.399 e. The van der Waals surface area contributed by atoms with Crippen LogP contribution in [0.15, 0.2) is 12.1 Å². The zero-order valence-corrected chi connectivity index (χ0v) is 10.8. The van der Waals surface area contributed by atoms with E-state index in [0.29, 0.717) is 32.1 Å². The molecule has 1 rings (SSSR count). The number of nitrogens with two attached hydrogens (primary N) is 1. The van der Waals surface area contributed by atoms with Crippen LogP contribution in [0.5, 0.6) is 0 Å². The molecule has 0 atom stereocenters. The molecule has 0 unspecified atom stereocenters. The molecule has 0 saturated heterocycles. The first-order valence-electron chi connectivity index (χ1n) is 6.07. The van der Waals surface area contributed by atoms with Crippen LogP contribution in [0, 0.1) is 17.6 Å². The molecule has 102 valence electrons.